The lowest BCUT2D eigenvalue weighted by molar-refractivity contribution is -0.121. The maximum Gasteiger partial charge on any atom is 0.275 e. The summed E-state index contributed by atoms with van der Waals surface area (Å²) in [5.74, 6) is -0.0343. The highest BCUT2D eigenvalue weighted by molar-refractivity contribution is 5.82. The number of carbonyl (C=O) groups is 1. The molecule has 0 radical (unpaired) electrons. The van der Waals surface area contributed by atoms with Gasteiger partial charge in [0.2, 0.25) is 5.91 Å². The fourth-order valence-corrected chi connectivity index (χ4v) is 3.44. The molecule has 6 nitrogen and oxygen atoms in total. The van der Waals surface area contributed by atoms with E-state index in [4.69, 9.17) is 4.74 Å². The van der Waals surface area contributed by atoms with Crippen LogP contribution in [0.3, 0.4) is 0 Å². The van der Waals surface area contributed by atoms with Crippen LogP contribution in [0.1, 0.15) is 19.4 Å². The predicted octanol–water partition coefficient (Wildman–Crippen LogP) is 3.50. The normalized spacial score (nSPS) is 11.3. The van der Waals surface area contributed by atoms with Gasteiger partial charge in [0.25, 0.3) is 5.56 Å². The molecule has 0 saturated heterocycles. The Balaban J connectivity index is 1.55. The molecule has 0 aliphatic heterocycles. The SMILES string of the molecule is CC(C)Oc1ccc(CNC(=O)Cn2c(=O)c3cccn3c3ccc(F)cc32)cc1. The van der Waals surface area contributed by atoms with Crippen LogP contribution in [0.2, 0.25) is 0 Å². The predicted molar refractivity (Wildman–Crippen MR) is 113 cm³/mol. The van der Waals surface area contributed by atoms with Crippen molar-refractivity contribution < 1.29 is 13.9 Å². The molecule has 4 rings (SSSR count). The number of rotatable bonds is 6. The lowest BCUT2D eigenvalue weighted by atomic mass is 10.2. The molecule has 2 aromatic carbocycles. The number of halogens is 1. The molecule has 0 atom stereocenters. The quantitative estimate of drug-likeness (QED) is 0.532. The third-order valence-corrected chi connectivity index (χ3v) is 4.79. The molecule has 0 saturated carbocycles. The zero-order valence-electron chi connectivity index (χ0n) is 16.8. The molecule has 0 fully saturated rings. The maximum atomic E-state index is 13.9. The summed E-state index contributed by atoms with van der Waals surface area (Å²) >= 11 is 0. The number of aromatic nitrogens is 2. The van der Waals surface area contributed by atoms with E-state index < -0.39 is 5.82 Å². The molecule has 2 aromatic heterocycles. The Bertz CT molecular complexity index is 1270. The van der Waals surface area contributed by atoms with Gasteiger partial charge in [-0.3, -0.25) is 14.2 Å². The van der Waals surface area contributed by atoms with Gasteiger partial charge in [0.15, 0.2) is 0 Å². The highest BCUT2D eigenvalue weighted by Gasteiger charge is 2.14. The number of carbonyl (C=O) groups excluding carboxylic acids is 1. The Kier molecular flexibility index (Phi) is 5.27. The smallest absolute Gasteiger partial charge is 0.275 e. The minimum absolute atomic E-state index is 0.0893. The largest absolute Gasteiger partial charge is 0.491 e. The molecule has 30 heavy (non-hydrogen) atoms. The van der Waals surface area contributed by atoms with E-state index in [0.717, 1.165) is 11.3 Å². The van der Waals surface area contributed by atoms with E-state index in [1.165, 1.54) is 16.7 Å². The van der Waals surface area contributed by atoms with E-state index in [2.05, 4.69) is 5.32 Å². The van der Waals surface area contributed by atoms with E-state index in [9.17, 15) is 14.0 Å². The van der Waals surface area contributed by atoms with Crippen molar-refractivity contribution in [1.29, 1.82) is 0 Å². The Morgan fingerprint density at radius 3 is 2.57 bits per heavy atom. The Hall–Kier alpha value is -3.61. The number of amides is 1. The van der Waals surface area contributed by atoms with Gasteiger partial charge in [-0.15, -0.1) is 0 Å². The van der Waals surface area contributed by atoms with Crippen LogP contribution in [-0.4, -0.2) is 21.0 Å². The minimum atomic E-state index is -0.466. The first-order chi connectivity index (χ1) is 14.4. The summed E-state index contributed by atoms with van der Waals surface area (Å²) < 4.78 is 22.5. The van der Waals surface area contributed by atoms with Gasteiger partial charge in [-0.05, 0) is 61.9 Å². The highest BCUT2D eigenvalue weighted by atomic mass is 19.1. The minimum Gasteiger partial charge on any atom is -0.491 e. The van der Waals surface area contributed by atoms with Gasteiger partial charge in [0, 0.05) is 12.7 Å². The summed E-state index contributed by atoms with van der Waals surface area (Å²) in [6.45, 7) is 4.03. The first-order valence-corrected chi connectivity index (χ1v) is 9.74. The molecule has 0 bridgehead atoms. The molecule has 0 aliphatic rings. The Morgan fingerprint density at radius 2 is 1.83 bits per heavy atom. The molecule has 0 spiro atoms. The molecule has 1 amide bonds. The Morgan fingerprint density at radius 1 is 1.07 bits per heavy atom. The summed E-state index contributed by atoms with van der Waals surface area (Å²) in [5, 5.41) is 2.82. The van der Waals surface area contributed by atoms with Gasteiger partial charge >= 0.3 is 0 Å². The average molecular weight is 407 g/mol. The molecule has 7 heteroatoms. The van der Waals surface area contributed by atoms with Crippen LogP contribution in [-0.2, 0) is 17.9 Å². The van der Waals surface area contributed by atoms with Gasteiger partial charge < -0.3 is 14.5 Å². The third kappa shape index (κ3) is 3.91. The molecule has 1 N–H and O–H groups in total. The standard InChI is InChI=1S/C23H22FN3O3/c1-15(2)30-18-8-5-16(6-9-18)13-25-22(28)14-27-21-12-17(24)7-10-19(21)26-11-3-4-20(26)23(27)29/h3-12,15H,13-14H2,1-2H3,(H,25,28). The summed E-state index contributed by atoms with van der Waals surface area (Å²) in [4.78, 5) is 25.4. The number of hydrogen-bond acceptors (Lipinski definition) is 3. The third-order valence-electron chi connectivity index (χ3n) is 4.79. The van der Waals surface area contributed by atoms with Gasteiger partial charge in [-0.2, -0.15) is 0 Å². The van der Waals surface area contributed by atoms with Crippen LogP contribution in [0, 0.1) is 5.82 Å². The van der Waals surface area contributed by atoms with Crippen LogP contribution in [0.4, 0.5) is 4.39 Å². The zero-order valence-corrected chi connectivity index (χ0v) is 16.8. The van der Waals surface area contributed by atoms with Gasteiger partial charge in [0.05, 0.1) is 17.1 Å². The first-order valence-electron chi connectivity index (χ1n) is 9.74. The monoisotopic (exact) mass is 407 g/mol. The van der Waals surface area contributed by atoms with Crippen molar-refractivity contribution in [1.82, 2.24) is 14.3 Å². The van der Waals surface area contributed by atoms with Crippen molar-refractivity contribution in [3.05, 3.63) is 82.5 Å². The van der Waals surface area contributed by atoms with Crippen molar-refractivity contribution in [3.63, 3.8) is 0 Å². The lowest BCUT2D eigenvalue weighted by Gasteiger charge is -2.13. The van der Waals surface area contributed by atoms with Crippen LogP contribution in [0.15, 0.2) is 65.6 Å². The number of ether oxygens (including phenoxy) is 1. The molecular weight excluding hydrogens is 385 g/mol. The number of fused-ring (bicyclic) bond motifs is 3. The van der Waals surface area contributed by atoms with E-state index in [1.54, 1.807) is 28.8 Å². The summed E-state index contributed by atoms with van der Waals surface area (Å²) in [7, 11) is 0. The number of benzene rings is 2. The van der Waals surface area contributed by atoms with Crippen molar-refractivity contribution in [3.8, 4) is 5.75 Å². The van der Waals surface area contributed by atoms with Gasteiger partial charge in [0.1, 0.15) is 23.6 Å². The number of hydrogen-bond donors (Lipinski definition) is 1. The molecule has 4 aromatic rings. The van der Waals surface area contributed by atoms with Crippen molar-refractivity contribution in [2.75, 3.05) is 0 Å². The van der Waals surface area contributed by atoms with Gasteiger partial charge in [-0.25, -0.2) is 4.39 Å². The van der Waals surface area contributed by atoms with Gasteiger partial charge in [-0.1, -0.05) is 12.1 Å². The van der Waals surface area contributed by atoms with E-state index in [-0.39, 0.29) is 24.1 Å². The molecule has 0 unspecified atom stereocenters. The van der Waals surface area contributed by atoms with E-state index in [1.807, 2.05) is 38.1 Å². The summed E-state index contributed by atoms with van der Waals surface area (Å²) in [6, 6.07) is 15.1. The molecular formula is C23H22FN3O3. The summed E-state index contributed by atoms with van der Waals surface area (Å²) in [5.41, 5.74) is 2.02. The van der Waals surface area contributed by atoms with Crippen molar-refractivity contribution in [2.24, 2.45) is 0 Å². The highest BCUT2D eigenvalue weighted by Crippen LogP contribution is 2.17. The molecule has 2 heterocycles. The first kappa shape index (κ1) is 19.7. The topological polar surface area (TPSA) is 64.7 Å². The second-order valence-electron chi connectivity index (χ2n) is 7.38. The van der Waals surface area contributed by atoms with Crippen molar-refractivity contribution in [2.45, 2.75) is 33.0 Å². The summed E-state index contributed by atoms with van der Waals surface area (Å²) in [6.07, 6.45) is 1.83. The maximum absolute atomic E-state index is 13.9. The average Bonchev–Trinajstić information content (AvgIpc) is 3.20. The zero-order chi connectivity index (χ0) is 21.3. The lowest BCUT2D eigenvalue weighted by Crippen LogP contribution is -2.33. The Labute approximate surface area is 172 Å². The van der Waals surface area contributed by atoms with E-state index in [0.29, 0.717) is 23.1 Å². The second kappa shape index (κ2) is 8.02. The van der Waals surface area contributed by atoms with Crippen LogP contribution in [0.5, 0.6) is 5.75 Å². The number of nitrogens with one attached hydrogen (secondary N) is 1. The fraction of sp³-hybridized carbons (Fsp3) is 0.217. The molecule has 154 valence electrons. The van der Waals surface area contributed by atoms with Crippen LogP contribution >= 0.6 is 0 Å². The van der Waals surface area contributed by atoms with Crippen LogP contribution < -0.4 is 15.6 Å². The molecule has 0 aliphatic carbocycles. The number of nitrogens with zero attached hydrogens (tertiary/aromatic N) is 2. The second-order valence-corrected chi connectivity index (χ2v) is 7.38. The van der Waals surface area contributed by atoms with E-state index >= 15 is 0 Å². The fourth-order valence-electron chi connectivity index (χ4n) is 3.44. The van der Waals surface area contributed by atoms with Crippen molar-refractivity contribution >= 4 is 22.5 Å². The van der Waals surface area contributed by atoms with Crippen LogP contribution in [0.25, 0.3) is 16.6 Å².